The second-order valence-corrected chi connectivity index (χ2v) is 8.55. The maximum Gasteiger partial charge on any atom is 0.329 e. The summed E-state index contributed by atoms with van der Waals surface area (Å²) in [7, 11) is 0. The van der Waals surface area contributed by atoms with Crippen molar-refractivity contribution >= 4 is 11.7 Å². The molecular weight excluding hydrogens is 464 g/mol. The lowest BCUT2D eigenvalue weighted by Crippen LogP contribution is -2.23. The molecule has 0 saturated heterocycles. The highest BCUT2D eigenvalue weighted by atomic mass is 16.6. The van der Waals surface area contributed by atoms with Gasteiger partial charge in [-0.15, -0.1) is 0 Å². The van der Waals surface area contributed by atoms with Gasteiger partial charge in [-0.05, 0) is 60.4 Å². The van der Waals surface area contributed by atoms with Crippen LogP contribution in [-0.4, -0.2) is 36.1 Å². The van der Waals surface area contributed by atoms with Crippen LogP contribution in [0.25, 0.3) is 11.1 Å². The van der Waals surface area contributed by atoms with Gasteiger partial charge in [0, 0.05) is 18.8 Å². The van der Waals surface area contributed by atoms with Gasteiger partial charge in [0.05, 0.1) is 12.3 Å². The number of oxime groups is 1. The SMILES string of the molecule is CCOC(=O)C(Cc1ccc(OCCON=C(C)c2ccc(-c3ccccc3)cc2)cc1)n1cccc1. The molecule has 0 N–H and O–H groups in total. The molecule has 1 heterocycles. The molecule has 1 atom stereocenters. The number of esters is 1. The normalized spacial score (nSPS) is 12.1. The zero-order valence-electron chi connectivity index (χ0n) is 21.2. The molecule has 1 aromatic heterocycles. The van der Waals surface area contributed by atoms with Crippen LogP contribution in [-0.2, 0) is 20.8 Å². The van der Waals surface area contributed by atoms with Crippen LogP contribution in [0.2, 0.25) is 0 Å². The van der Waals surface area contributed by atoms with Crippen LogP contribution in [0, 0.1) is 0 Å². The summed E-state index contributed by atoms with van der Waals surface area (Å²) in [6, 6.07) is 29.7. The summed E-state index contributed by atoms with van der Waals surface area (Å²) in [5.74, 6) is 0.498. The third-order valence-electron chi connectivity index (χ3n) is 5.95. The first-order valence-corrected chi connectivity index (χ1v) is 12.5. The number of aromatic nitrogens is 1. The molecule has 0 aliphatic heterocycles. The van der Waals surface area contributed by atoms with Gasteiger partial charge in [-0.25, -0.2) is 4.79 Å². The Bertz CT molecular complexity index is 1270. The van der Waals surface area contributed by atoms with Crippen molar-refractivity contribution < 1.29 is 19.1 Å². The fourth-order valence-electron chi connectivity index (χ4n) is 3.98. The first kappa shape index (κ1) is 25.8. The van der Waals surface area contributed by atoms with E-state index < -0.39 is 6.04 Å². The molecule has 6 heteroatoms. The van der Waals surface area contributed by atoms with Gasteiger partial charge in [-0.3, -0.25) is 0 Å². The summed E-state index contributed by atoms with van der Waals surface area (Å²) in [5.41, 5.74) is 5.19. The maximum absolute atomic E-state index is 12.4. The van der Waals surface area contributed by atoms with Crippen molar-refractivity contribution in [3.63, 3.8) is 0 Å². The van der Waals surface area contributed by atoms with E-state index in [0.717, 1.165) is 22.6 Å². The third-order valence-corrected chi connectivity index (χ3v) is 5.95. The number of benzene rings is 3. The van der Waals surface area contributed by atoms with Crippen LogP contribution < -0.4 is 4.74 Å². The van der Waals surface area contributed by atoms with Crippen molar-refractivity contribution in [1.82, 2.24) is 4.57 Å². The van der Waals surface area contributed by atoms with Crippen molar-refractivity contribution in [3.05, 3.63) is 115 Å². The van der Waals surface area contributed by atoms with Crippen LogP contribution in [0.1, 0.15) is 31.0 Å². The topological polar surface area (TPSA) is 62.1 Å². The molecule has 37 heavy (non-hydrogen) atoms. The second kappa shape index (κ2) is 13.1. The van der Waals surface area contributed by atoms with Crippen molar-refractivity contribution in [2.24, 2.45) is 5.16 Å². The largest absolute Gasteiger partial charge is 0.490 e. The number of rotatable bonds is 12. The molecule has 0 saturated carbocycles. The first-order chi connectivity index (χ1) is 18.1. The van der Waals surface area contributed by atoms with E-state index in [-0.39, 0.29) is 5.97 Å². The van der Waals surface area contributed by atoms with E-state index in [0.29, 0.717) is 26.2 Å². The fourth-order valence-corrected chi connectivity index (χ4v) is 3.98. The number of nitrogens with zero attached hydrogens (tertiary/aromatic N) is 2. The lowest BCUT2D eigenvalue weighted by Gasteiger charge is -2.17. The van der Waals surface area contributed by atoms with E-state index in [9.17, 15) is 4.79 Å². The van der Waals surface area contributed by atoms with Crippen molar-refractivity contribution in [2.45, 2.75) is 26.3 Å². The maximum atomic E-state index is 12.4. The van der Waals surface area contributed by atoms with Crippen LogP contribution in [0.4, 0.5) is 0 Å². The summed E-state index contributed by atoms with van der Waals surface area (Å²) in [6.45, 7) is 4.80. The van der Waals surface area contributed by atoms with Crippen LogP contribution in [0.3, 0.4) is 0 Å². The summed E-state index contributed by atoms with van der Waals surface area (Å²) in [6.07, 6.45) is 4.29. The third kappa shape index (κ3) is 7.34. The highest BCUT2D eigenvalue weighted by molar-refractivity contribution is 5.98. The Hall–Kier alpha value is -4.32. The fraction of sp³-hybridized carbons (Fsp3) is 0.226. The van der Waals surface area contributed by atoms with Crippen molar-refractivity contribution in [1.29, 1.82) is 0 Å². The lowest BCUT2D eigenvalue weighted by molar-refractivity contribution is -0.147. The first-order valence-electron chi connectivity index (χ1n) is 12.5. The Balaban J connectivity index is 1.23. The van der Waals surface area contributed by atoms with Gasteiger partial charge in [-0.2, -0.15) is 0 Å². The van der Waals surface area contributed by atoms with Crippen molar-refractivity contribution in [2.75, 3.05) is 19.8 Å². The molecule has 0 bridgehead atoms. The monoisotopic (exact) mass is 496 g/mol. The van der Waals surface area contributed by atoms with Gasteiger partial charge in [0.15, 0.2) is 6.61 Å². The van der Waals surface area contributed by atoms with E-state index >= 15 is 0 Å². The molecule has 0 radical (unpaired) electrons. The van der Waals surface area contributed by atoms with E-state index in [4.69, 9.17) is 14.3 Å². The van der Waals surface area contributed by atoms with Crippen LogP contribution >= 0.6 is 0 Å². The highest BCUT2D eigenvalue weighted by Gasteiger charge is 2.21. The molecule has 1 unspecified atom stereocenters. The van der Waals surface area contributed by atoms with Gasteiger partial charge in [0.2, 0.25) is 0 Å². The van der Waals surface area contributed by atoms with E-state index in [1.807, 2.05) is 97.5 Å². The van der Waals surface area contributed by atoms with Gasteiger partial charge in [0.1, 0.15) is 18.4 Å². The molecule has 6 nitrogen and oxygen atoms in total. The average molecular weight is 497 g/mol. The Morgan fingerprint density at radius 2 is 1.51 bits per heavy atom. The number of ether oxygens (including phenoxy) is 2. The molecule has 0 aliphatic carbocycles. The zero-order chi connectivity index (χ0) is 25.9. The number of carbonyl (C=O) groups excluding carboxylic acids is 1. The van der Waals surface area contributed by atoms with Crippen LogP contribution in [0.5, 0.6) is 5.75 Å². The van der Waals surface area contributed by atoms with Crippen molar-refractivity contribution in [3.8, 4) is 16.9 Å². The quantitative estimate of drug-likeness (QED) is 0.0996. The zero-order valence-corrected chi connectivity index (χ0v) is 21.2. The van der Waals surface area contributed by atoms with E-state index in [1.54, 1.807) is 0 Å². The molecule has 4 aromatic rings. The number of hydrogen-bond acceptors (Lipinski definition) is 5. The standard InChI is InChI=1S/C31H32N2O4/c1-3-35-31(34)30(33-19-7-8-20-33)23-25-11-17-29(18-12-25)36-21-22-37-32-24(2)26-13-15-28(16-14-26)27-9-5-4-6-10-27/h4-20,30H,3,21-23H2,1-2H3. The minimum absolute atomic E-state index is 0.237. The molecular formula is C31H32N2O4. The van der Waals surface area contributed by atoms with Crippen LogP contribution in [0.15, 0.2) is 109 Å². The molecule has 0 aliphatic rings. The number of hydrogen-bond donors (Lipinski definition) is 0. The molecule has 0 fully saturated rings. The molecule has 190 valence electrons. The minimum atomic E-state index is -0.397. The lowest BCUT2D eigenvalue weighted by atomic mass is 10.0. The molecule has 4 rings (SSSR count). The Kier molecular flexibility index (Phi) is 9.13. The van der Waals surface area contributed by atoms with Gasteiger partial charge < -0.3 is 18.9 Å². The summed E-state index contributed by atoms with van der Waals surface area (Å²) in [5, 5.41) is 4.22. The molecule has 0 spiro atoms. The summed E-state index contributed by atoms with van der Waals surface area (Å²) < 4.78 is 12.9. The smallest absolute Gasteiger partial charge is 0.329 e. The average Bonchev–Trinajstić information content (AvgIpc) is 3.47. The predicted molar refractivity (Wildman–Crippen MR) is 146 cm³/mol. The Labute approximate surface area is 218 Å². The van der Waals surface area contributed by atoms with E-state index in [2.05, 4.69) is 29.4 Å². The summed E-state index contributed by atoms with van der Waals surface area (Å²) in [4.78, 5) is 17.9. The van der Waals surface area contributed by atoms with Gasteiger partial charge in [-0.1, -0.05) is 71.9 Å². The summed E-state index contributed by atoms with van der Waals surface area (Å²) >= 11 is 0. The second-order valence-electron chi connectivity index (χ2n) is 8.55. The Morgan fingerprint density at radius 1 is 0.838 bits per heavy atom. The van der Waals surface area contributed by atoms with E-state index in [1.165, 1.54) is 11.1 Å². The molecule has 3 aromatic carbocycles. The van der Waals surface area contributed by atoms with Gasteiger partial charge >= 0.3 is 5.97 Å². The highest BCUT2D eigenvalue weighted by Crippen LogP contribution is 2.21. The van der Waals surface area contributed by atoms with Gasteiger partial charge in [0.25, 0.3) is 0 Å². The Morgan fingerprint density at radius 3 is 2.19 bits per heavy atom. The molecule has 0 amide bonds. The number of carbonyl (C=O) groups is 1. The predicted octanol–water partition coefficient (Wildman–Crippen LogP) is 6.32. The minimum Gasteiger partial charge on any atom is -0.490 e.